The number of sulfonamides is 1. The fourth-order valence-corrected chi connectivity index (χ4v) is 6.25. The number of halogens is 1. The quantitative estimate of drug-likeness (QED) is 0.722. The molecule has 0 atom stereocenters. The third kappa shape index (κ3) is 3.28. The van der Waals surface area contributed by atoms with Gasteiger partial charge >= 0.3 is 0 Å². The van der Waals surface area contributed by atoms with Crippen LogP contribution in [0.2, 0.25) is 0 Å². The average Bonchev–Trinajstić information content (AvgIpc) is 2.91. The summed E-state index contributed by atoms with van der Waals surface area (Å²) in [6.45, 7) is 0.642. The van der Waals surface area contributed by atoms with Crippen LogP contribution in [0.1, 0.15) is 57.8 Å². The van der Waals surface area contributed by atoms with Crippen LogP contribution in [0.3, 0.4) is 0 Å². The van der Waals surface area contributed by atoms with Crippen molar-refractivity contribution < 1.29 is 8.42 Å². The van der Waals surface area contributed by atoms with Crippen LogP contribution in [0, 0.1) is 0 Å². The lowest BCUT2D eigenvalue weighted by atomic mass is 9.95. The molecule has 18 heavy (non-hydrogen) atoms. The molecule has 0 radical (unpaired) electrons. The van der Waals surface area contributed by atoms with Crippen LogP contribution in [0.5, 0.6) is 0 Å². The van der Waals surface area contributed by atoms with Crippen molar-refractivity contribution in [1.82, 2.24) is 4.31 Å². The third-order valence-electron chi connectivity index (χ3n) is 4.34. The summed E-state index contributed by atoms with van der Waals surface area (Å²) in [6, 6.07) is 0.266. The van der Waals surface area contributed by atoms with Crippen LogP contribution in [-0.2, 0) is 10.0 Å². The number of nitrogens with zero attached hydrogens (tertiary/aromatic N) is 1. The minimum atomic E-state index is -3.06. The fourth-order valence-electron chi connectivity index (χ4n) is 3.35. The summed E-state index contributed by atoms with van der Waals surface area (Å²) in [7, 11) is -3.06. The Morgan fingerprint density at radius 3 is 2.06 bits per heavy atom. The Bertz CT molecular complexity index is 346. The molecule has 2 rings (SSSR count). The van der Waals surface area contributed by atoms with Crippen molar-refractivity contribution in [2.75, 3.05) is 11.9 Å². The largest absolute Gasteiger partial charge is 0.217 e. The Hall–Kier alpha value is 0.390. The lowest BCUT2D eigenvalue weighted by Crippen LogP contribution is -2.46. The number of hydrogen-bond donors (Lipinski definition) is 0. The maximum Gasteiger partial charge on any atom is 0.217 e. The van der Waals surface area contributed by atoms with Crippen molar-refractivity contribution in [3.63, 3.8) is 0 Å². The minimum Gasteiger partial charge on any atom is -0.212 e. The third-order valence-corrected chi connectivity index (χ3v) is 7.14. The van der Waals surface area contributed by atoms with Gasteiger partial charge in [0.25, 0.3) is 0 Å². The lowest BCUT2D eigenvalue weighted by molar-refractivity contribution is 0.260. The average molecular weight is 338 g/mol. The van der Waals surface area contributed by atoms with Gasteiger partial charge in [-0.3, -0.25) is 0 Å². The Labute approximate surface area is 119 Å². The van der Waals surface area contributed by atoms with E-state index >= 15 is 0 Å². The first kappa shape index (κ1) is 14.8. The first-order valence-electron chi connectivity index (χ1n) is 7.23. The highest BCUT2D eigenvalue weighted by Gasteiger charge is 2.37. The van der Waals surface area contributed by atoms with Crippen molar-refractivity contribution in [2.24, 2.45) is 0 Å². The second-order valence-corrected chi connectivity index (χ2v) is 8.50. The first-order valence-corrected chi connectivity index (χ1v) is 9.85. The van der Waals surface area contributed by atoms with Crippen LogP contribution in [0.4, 0.5) is 0 Å². The Morgan fingerprint density at radius 1 is 0.944 bits per heavy atom. The van der Waals surface area contributed by atoms with Gasteiger partial charge in [-0.25, -0.2) is 8.42 Å². The molecule has 2 saturated carbocycles. The van der Waals surface area contributed by atoms with Crippen molar-refractivity contribution in [3.8, 4) is 0 Å². The molecule has 3 nitrogen and oxygen atoms in total. The van der Waals surface area contributed by atoms with Crippen molar-refractivity contribution in [1.29, 1.82) is 0 Å². The number of rotatable bonds is 5. The molecule has 2 aliphatic rings. The van der Waals surface area contributed by atoms with Gasteiger partial charge in [0.15, 0.2) is 0 Å². The molecular weight excluding hydrogens is 314 g/mol. The molecule has 0 aromatic heterocycles. The van der Waals surface area contributed by atoms with Gasteiger partial charge in [0.1, 0.15) is 0 Å². The molecule has 2 aliphatic carbocycles. The van der Waals surface area contributed by atoms with E-state index < -0.39 is 10.0 Å². The highest BCUT2D eigenvalue weighted by molar-refractivity contribution is 9.09. The molecule has 0 spiro atoms. The molecule has 0 amide bonds. The summed E-state index contributed by atoms with van der Waals surface area (Å²) in [4.78, 5) is 0. The van der Waals surface area contributed by atoms with E-state index in [1.165, 1.54) is 19.3 Å². The van der Waals surface area contributed by atoms with E-state index in [2.05, 4.69) is 15.9 Å². The normalized spacial score (nSPS) is 23.9. The topological polar surface area (TPSA) is 37.4 Å². The summed E-state index contributed by atoms with van der Waals surface area (Å²) in [5.74, 6) is 0. The smallest absolute Gasteiger partial charge is 0.212 e. The Morgan fingerprint density at radius 2 is 1.50 bits per heavy atom. The lowest BCUT2D eigenvalue weighted by Gasteiger charge is -2.34. The maximum absolute atomic E-state index is 12.7. The van der Waals surface area contributed by atoms with Gasteiger partial charge in [0.2, 0.25) is 10.0 Å². The summed E-state index contributed by atoms with van der Waals surface area (Å²) in [5.41, 5.74) is 0. The molecule has 5 heteroatoms. The molecule has 106 valence electrons. The van der Waals surface area contributed by atoms with E-state index in [0.29, 0.717) is 6.54 Å². The maximum atomic E-state index is 12.7. The van der Waals surface area contributed by atoms with Gasteiger partial charge in [-0.05, 0) is 25.7 Å². The molecule has 2 fully saturated rings. The van der Waals surface area contributed by atoms with Gasteiger partial charge in [-0.2, -0.15) is 4.31 Å². The second-order valence-electron chi connectivity index (χ2n) is 5.54. The van der Waals surface area contributed by atoms with E-state index in [0.717, 1.165) is 43.9 Å². The highest BCUT2D eigenvalue weighted by atomic mass is 79.9. The first-order chi connectivity index (χ1) is 8.66. The Balaban J connectivity index is 2.11. The van der Waals surface area contributed by atoms with Gasteiger partial charge in [0.05, 0.1) is 5.25 Å². The van der Waals surface area contributed by atoms with E-state index in [-0.39, 0.29) is 11.3 Å². The van der Waals surface area contributed by atoms with E-state index in [1.54, 1.807) is 0 Å². The molecule has 0 heterocycles. The van der Waals surface area contributed by atoms with Gasteiger partial charge in [-0.1, -0.05) is 48.0 Å². The molecule has 0 unspecified atom stereocenters. The van der Waals surface area contributed by atoms with E-state index in [4.69, 9.17) is 0 Å². The summed E-state index contributed by atoms with van der Waals surface area (Å²) < 4.78 is 27.3. The monoisotopic (exact) mass is 337 g/mol. The van der Waals surface area contributed by atoms with Gasteiger partial charge in [0, 0.05) is 17.9 Å². The van der Waals surface area contributed by atoms with E-state index in [1.807, 2.05) is 4.31 Å². The van der Waals surface area contributed by atoms with Crippen LogP contribution < -0.4 is 0 Å². The van der Waals surface area contributed by atoms with E-state index in [9.17, 15) is 8.42 Å². The number of hydrogen-bond acceptors (Lipinski definition) is 2. The van der Waals surface area contributed by atoms with Crippen LogP contribution >= 0.6 is 15.9 Å². The second kappa shape index (κ2) is 6.71. The molecule has 0 saturated heterocycles. The molecule has 0 N–H and O–H groups in total. The predicted molar refractivity (Wildman–Crippen MR) is 78.5 cm³/mol. The Kier molecular flexibility index (Phi) is 5.51. The molecule has 0 bridgehead atoms. The number of alkyl halides is 1. The zero-order valence-corrected chi connectivity index (χ0v) is 13.4. The molecule has 0 aliphatic heterocycles. The standard InChI is InChI=1S/C13H24BrNO2S/c14-10-11-15(12-6-2-1-3-7-12)18(16,17)13-8-4-5-9-13/h12-13H,1-11H2. The zero-order valence-electron chi connectivity index (χ0n) is 11.0. The minimum absolute atomic E-state index is 0.0986. The van der Waals surface area contributed by atoms with Crippen molar-refractivity contribution in [2.45, 2.75) is 69.1 Å². The SMILES string of the molecule is O=S(=O)(C1CCCC1)N(CCBr)C1CCCCC1. The predicted octanol–water partition coefficient (Wildman–Crippen LogP) is 3.29. The highest BCUT2D eigenvalue weighted by Crippen LogP contribution is 2.31. The van der Waals surface area contributed by atoms with Crippen molar-refractivity contribution in [3.05, 3.63) is 0 Å². The fraction of sp³-hybridized carbons (Fsp3) is 1.00. The van der Waals surface area contributed by atoms with Gasteiger partial charge < -0.3 is 0 Å². The van der Waals surface area contributed by atoms with Crippen molar-refractivity contribution >= 4 is 26.0 Å². The summed E-state index contributed by atoms with van der Waals surface area (Å²) >= 11 is 3.41. The molecule has 0 aromatic rings. The van der Waals surface area contributed by atoms with Gasteiger partial charge in [-0.15, -0.1) is 0 Å². The molecular formula is C13H24BrNO2S. The van der Waals surface area contributed by atoms with Crippen LogP contribution in [0.25, 0.3) is 0 Å². The van der Waals surface area contributed by atoms with Crippen LogP contribution in [-0.4, -0.2) is 35.9 Å². The zero-order chi connectivity index (χ0) is 13.0. The summed E-state index contributed by atoms with van der Waals surface area (Å²) in [5, 5.41) is 0.647. The molecule has 0 aromatic carbocycles. The van der Waals surface area contributed by atoms with Crippen LogP contribution in [0.15, 0.2) is 0 Å². The summed E-state index contributed by atoms with van der Waals surface area (Å²) in [6.07, 6.45) is 9.64.